The summed E-state index contributed by atoms with van der Waals surface area (Å²) in [5.74, 6) is -0.818. The molecule has 1 aromatic rings. The van der Waals surface area contributed by atoms with Crippen molar-refractivity contribution in [2.24, 2.45) is 11.7 Å². The number of piperidine rings is 1. The molecule has 1 heterocycles. The highest BCUT2D eigenvalue weighted by Gasteiger charge is 2.29. The second kappa shape index (κ2) is 6.60. The maximum absolute atomic E-state index is 12.3. The Balaban J connectivity index is 1.97. The number of rotatable bonds is 3. The molecule has 0 unspecified atom stereocenters. The average molecular weight is 332 g/mol. The fourth-order valence-corrected chi connectivity index (χ4v) is 2.89. The molecule has 1 aliphatic heterocycles. The zero-order chi connectivity index (χ0) is 16.3. The lowest BCUT2D eigenvalue weighted by molar-refractivity contribution is -0.123. The van der Waals surface area contributed by atoms with Crippen molar-refractivity contribution >= 4 is 23.6 Å². The summed E-state index contributed by atoms with van der Waals surface area (Å²) >= 11 is -0.216. The van der Waals surface area contributed by atoms with E-state index >= 15 is 0 Å². The second-order valence-electron chi connectivity index (χ2n) is 5.04. The Labute approximate surface area is 129 Å². The van der Waals surface area contributed by atoms with E-state index in [9.17, 15) is 22.8 Å². The smallest absolute Gasteiger partial charge is 0.369 e. The lowest BCUT2D eigenvalue weighted by atomic mass is 9.96. The van der Waals surface area contributed by atoms with Crippen LogP contribution in [-0.2, 0) is 4.79 Å². The van der Waals surface area contributed by atoms with E-state index in [2.05, 4.69) is 0 Å². The molecule has 0 aliphatic carbocycles. The monoisotopic (exact) mass is 332 g/mol. The van der Waals surface area contributed by atoms with E-state index in [-0.39, 0.29) is 34.4 Å². The van der Waals surface area contributed by atoms with Gasteiger partial charge in [0.05, 0.1) is 0 Å². The molecule has 0 bridgehead atoms. The van der Waals surface area contributed by atoms with E-state index in [0.717, 1.165) is 0 Å². The number of benzene rings is 1. The van der Waals surface area contributed by atoms with E-state index < -0.39 is 5.51 Å². The van der Waals surface area contributed by atoms with Gasteiger partial charge in [0.2, 0.25) is 5.91 Å². The molecule has 2 rings (SSSR count). The average Bonchev–Trinajstić information content (AvgIpc) is 2.46. The van der Waals surface area contributed by atoms with Gasteiger partial charge in [0.1, 0.15) is 0 Å². The van der Waals surface area contributed by atoms with Crippen LogP contribution < -0.4 is 5.73 Å². The van der Waals surface area contributed by atoms with Crippen LogP contribution >= 0.6 is 11.8 Å². The van der Waals surface area contributed by atoms with Crippen molar-refractivity contribution in [3.63, 3.8) is 0 Å². The largest absolute Gasteiger partial charge is 0.446 e. The number of amides is 2. The van der Waals surface area contributed by atoms with Crippen LogP contribution in [0.2, 0.25) is 0 Å². The van der Waals surface area contributed by atoms with Gasteiger partial charge in [-0.2, -0.15) is 13.2 Å². The van der Waals surface area contributed by atoms with Gasteiger partial charge >= 0.3 is 5.51 Å². The number of likely N-dealkylation sites (tertiary alicyclic amines) is 1. The summed E-state index contributed by atoms with van der Waals surface area (Å²) in [6.07, 6.45) is 1.03. The van der Waals surface area contributed by atoms with Crippen molar-refractivity contribution in [2.45, 2.75) is 23.2 Å². The minimum absolute atomic E-state index is 0.0384. The van der Waals surface area contributed by atoms with Crippen molar-refractivity contribution in [1.82, 2.24) is 4.90 Å². The van der Waals surface area contributed by atoms with Crippen LogP contribution in [0, 0.1) is 5.92 Å². The van der Waals surface area contributed by atoms with Crippen LogP contribution in [0.25, 0.3) is 0 Å². The number of carbonyl (C=O) groups excluding carboxylic acids is 2. The molecule has 0 spiro atoms. The van der Waals surface area contributed by atoms with Crippen molar-refractivity contribution < 1.29 is 22.8 Å². The number of hydrogen-bond acceptors (Lipinski definition) is 3. The van der Waals surface area contributed by atoms with Crippen LogP contribution in [0.3, 0.4) is 0 Å². The number of hydrogen-bond donors (Lipinski definition) is 1. The first-order valence-electron chi connectivity index (χ1n) is 6.70. The molecule has 120 valence electrons. The van der Waals surface area contributed by atoms with Gasteiger partial charge in [-0.15, -0.1) is 0 Å². The molecule has 0 saturated carbocycles. The number of thioether (sulfide) groups is 1. The summed E-state index contributed by atoms with van der Waals surface area (Å²) in [6.45, 7) is 0.844. The predicted molar refractivity (Wildman–Crippen MR) is 76.2 cm³/mol. The van der Waals surface area contributed by atoms with Gasteiger partial charge in [-0.1, -0.05) is 0 Å². The number of nitrogens with zero attached hydrogens (tertiary/aromatic N) is 1. The third kappa shape index (κ3) is 4.40. The Hall–Kier alpha value is -1.70. The fraction of sp³-hybridized carbons (Fsp3) is 0.429. The van der Waals surface area contributed by atoms with E-state index in [1.54, 1.807) is 4.90 Å². The summed E-state index contributed by atoms with van der Waals surface area (Å²) < 4.78 is 36.7. The fourth-order valence-electron chi connectivity index (χ4n) is 2.35. The second-order valence-corrected chi connectivity index (χ2v) is 6.18. The van der Waals surface area contributed by atoms with Crippen molar-refractivity contribution in [1.29, 1.82) is 0 Å². The standard InChI is InChI=1S/C14H15F3N2O2S/c15-14(16,17)22-11-3-1-10(2-4-11)13(21)19-7-5-9(6-8-19)12(18)20/h1-4,9H,5-8H2,(H2,18,20). The van der Waals surface area contributed by atoms with Crippen molar-refractivity contribution in [3.05, 3.63) is 29.8 Å². The third-order valence-electron chi connectivity index (χ3n) is 3.52. The molecular formula is C14H15F3N2O2S. The molecule has 1 saturated heterocycles. The highest BCUT2D eigenvalue weighted by Crippen LogP contribution is 2.36. The summed E-state index contributed by atoms with van der Waals surface area (Å²) in [7, 11) is 0. The zero-order valence-corrected chi connectivity index (χ0v) is 12.4. The normalized spacial score (nSPS) is 16.6. The van der Waals surface area contributed by atoms with E-state index in [4.69, 9.17) is 5.73 Å². The Morgan fingerprint density at radius 2 is 1.68 bits per heavy atom. The lowest BCUT2D eigenvalue weighted by Gasteiger charge is -2.30. The van der Waals surface area contributed by atoms with Gasteiger partial charge in [0.15, 0.2) is 0 Å². The topological polar surface area (TPSA) is 63.4 Å². The number of halogens is 3. The first-order chi connectivity index (χ1) is 10.3. The summed E-state index contributed by atoms with van der Waals surface area (Å²) in [6, 6.07) is 5.33. The van der Waals surface area contributed by atoms with E-state index in [1.165, 1.54) is 24.3 Å². The molecule has 4 nitrogen and oxygen atoms in total. The van der Waals surface area contributed by atoms with E-state index in [1.807, 2.05) is 0 Å². The van der Waals surface area contributed by atoms with Crippen molar-refractivity contribution in [3.8, 4) is 0 Å². The highest BCUT2D eigenvalue weighted by atomic mass is 32.2. The minimum Gasteiger partial charge on any atom is -0.369 e. The molecule has 8 heteroatoms. The summed E-state index contributed by atoms with van der Waals surface area (Å²) in [5, 5.41) is 0. The number of nitrogens with two attached hydrogens (primary N) is 1. The Morgan fingerprint density at radius 1 is 1.14 bits per heavy atom. The van der Waals surface area contributed by atoms with Gasteiger partial charge in [-0.3, -0.25) is 9.59 Å². The molecule has 0 atom stereocenters. The molecule has 22 heavy (non-hydrogen) atoms. The molecule has 2 N–H and O–H groups in total. The van der Waals surface area contributed by atoms with Gasteiger partial charge < -0.3 is 10.6 Å². The SMILES string of the molecule is NC(=O)C1CCN(C(=O)c2ccc(SC(F)(F)F)cc2)CC1. The van der Waals surface area contributed by atoms with E-state index in [0.29, 0.717) is 31.5 Å². The van der Waals surface area contributed by atoms with Crippen LogP contribution in [-0.4, -0.2) is 35.3 Å². The van der Waals surface area contributed by atoms with Crippen LogP contribution in [0.5, 0.6) is 0 Å². The quantitative estimate of drug-likeness (QED) is 0.866. The Bertz CT molecular complexity index is 552. The zero-order valence-electron chi connectivity index (χ0n) is 11.6. The first-order valence-corrected chi connectivity index (χ1v) is 7.52. The van der Waals surface area contributed by atoms with Crippen LogP contribution in [0.15, 0.2) is 29.2 Å². The van der Waals surface area contributed by atoms with Crippen molar-refractivity contribution in [2.75, 3.05) is 13.1 Å². The first kappa shape index (κ1) is 16.7. The Kier molecular flexibility index (Phi) is 5.00. The lowest BCUT2D eigenvalue weighted by Crippen LogP contribution is -2.41. The Morgan fingerprint density at radius 3 is 2.14 bits per heavy atom. The molecule has 1 fully saturated rings. The molecule has 0 radical (unpaired) electrons. The maximum Gasteiger partial charge on any atom is 0.446 e. The number of primary amides is 1. The summed E-state index contributed by atoms with van der Waals surface area (Å²) in [5.41, 5.74) is 1.22. The predicted octanol–water partition coefficient (Wildman–Crippen LogP) is 2.64. The number of alkyl halides is 3. The van der Waals surface area contributed by atoms with Gasteiger partial charge in [-0.25, -0.2) is 0 Å². The molecule has 2 amide bonds. The molecule has 0 aromatic heterocycles. The third-order valence-corrected chi connectivity index (χ3v) is 4.26. The van der Waals surface area contributed by atoms with Gasteiger partial charge in [-0.05, 0) is 48.9 Å². The minimum atomic E-state index is -4.35. The summed E-state index contributed by atoms with van der Waals surface area (Å²) in [4.78, 5) is 25.0. The van der Waals surface area contributed by atoms with Gasteiger partial charge in [0, 0.05) is 29.5 Å². The van der Waals surface area contributed by atoms with Gasteiger partial charge in [0.25, 0.3) is 5.91 Å². The van der Waals surface area contributed by atoms with Crippen LogP contribution in [0.1, 0.15) is 23.2 Å². The number of carbonyl (C=O) groups is 2. The molecule has 1 aromatic carbocycles. The molecule has 1 aliphatic rings. The molecular weight excluding hydrogens is 317 g/mol. The highest BCUT2D eigenvalue weighted by molar-refractivity contribution is 8.00. The van der Waals surface area contributed by atoms with Crippen LogP contribution in [0.4, 0.5) is 13.2 Å². The maximum atomic E-state index is 12.3.